The molecule has 7 heteroatoms. The number of amides is 1. The van der Waals surface area contributed by atoms with Crippen molar-refractivity contribution in [2.45, 2.75) is 31.6 Å². The third-order valence-electron chi connectivity index (χ3n) is 3.79. The fourth-order valence-electron chi connectivity index (χ4n) is 2.37. The number of halogens is 3. The van der Waals surface area contributed by atoms with Gasteiger partial charge in [0.05, 0.1) is 13.7 Å². The molecular weight excluding hydrogens is 309 g/mol. The topological polar surface area (TPSA) is 32.8 Å². The summed E-state index contributed by atoms with van der Waals surface area (Å²) < 4.78 is 42.2. The van der Waals surface area contributed by atoms with E-state index in [2.05, 4.69) is 0 Å². The summed E-state index contributed by atoms with van der Waals surface area (Å²) in [6.45, 7) is -0.670. The largest absolute Gasteiger partial charge is 0.497 e. The van der Waals surface area contributed by atoms with Gasteiger partial charge in [-0.15, -0.1) is 0 Å². The van der Waals surface area contributed by atoms with Crippen molar-refractivity contribution >= 4 is 5.91 Å². The summed E-state index contributed by atoms with van der Waals surface area (Å²) in [6, 6.07) is 7.74. The van der Waals surface area contributed by atoms with E-state index in [1.165, 1.54) is 7.05 Å². The predicted octanol–water partition coefficient (Wildman–Crippen LogP) is 2.68. The molecule has 0 bridgehead atoms. The molecule has 1 aromatic carbocycles. The zero-order chi connectivity index (χ0) is 17.0. The van der Waals surface area contributed by atoms with E-state index < -0.39 is 18.6 Å². The second-order valence-electron chi connectivity index (χ2n) is 5.85. The maximum Gasteiger partial charge on any atom is 0.406 e. The third-order valence-corrected chi connectivity index (χ3v) is 3.79. The molecular formula is C16H21F3N2O2. The van der Waals surface area contributed by atoms with Gasteiger partial charge in [-0.3, -0.25) is 9.69 Å². The minimum atomic E-state index is -4.37. The number of likely N-dealkylation sites (N-methyl/N-ethyl adjacent to an activating group) is 1. The summed E-state index contributed by atoms with van der Waals surface area (Å²) >= 11 is 0. The van der Waals surface area contributed by atoms with Crippen molar-refractivity contribution in [3.63, 3.8) is 0 Å². The average molecular weight is 330 g/mol. The first-order valence-electron chi connectivity index (χ1n) is 7.46. The smallest absolute Gasteiger partial charge is 0.406 e. The molecule has 0 N–H and O–H groups in total. The van der Waals surface area contributed by atoms with Gasteiger partial charge in [0, 0.05) is 19.6 Å². The Bertz CT molecular complexity index is 527. The lowest BCUT2D eigenvalue weighted by Gasteiger charge is -2.25. The number of rotatable bonds is 7. The molecule has 1 amide bonds. The second kappa shape index (κ2) is 7.21. The molecule has 4 nitrogen and oxygen atoms in total. The highest BCUT2D eigenvalue weighted by atomic mass is 19.4. The maximum atomic E-state index is 12.4. The number of alkyl halides is 3. The van der Waals surface area contributed by atoms with Crippen LogP contribution in [0.25, 0.3) is 0 Å². The Balaban J connectivity index is 1.94. The quantitative estimate of drug-likeness (QED) is 0.771. The van der Waals surface area contributed by atoms with Gasteiger partial charge in [-0.2, -0.15) is 13.2 Å². The third kappa shape index (κ3) is 5.74. The molecule has 0 radical (unpaired) electrons. The van der Waals surface area contributed by atoms with E-state index in [4.69, 9.17) is 4.74 Å². The molecule has 0 atom stereocenters. The van der Waals surface area contributed by atoms with Crippen molar-refractivity contribution in [3.05, 3.63) is 29.8 Å². The molecule has 1 fully saturated rings. The first-order valence-corrected chi connectivity index (χ1v) is 7.46. The van der Waals surface area contributed by atoms with Gasteiger partial charge in [0.1, 0.15) is 12.3 Å². The number of carbonyl (C=O) groups excluding carboxylic acids is 1. The molecule has 0 unspecified atom stereocenters. The zero-order valence-electron chi connectivity index (χ0n) is 13.3. The zero-order valence-corrected chi connectivity index (χ0v) is 13.3. The Kier molecular flexibility index (Phi) is 5.51. The van der Waals surface area contributed by atoms with E-state index in [-0.39, 0.29) is 12.6 Å². The number of ether oxygens (including phenoxy) is 1. The van der Waals surface area contributed by atoms with Crippen LogP contribution < -0.4 is 4.74 Å². The van der Waals surface area contributed by atoms with Gasteiger partial charge in [0.25, 0.3) is 0 Å². The van der Waals surface area contributed by atoms with Gasteiger partial charge in [-0.25, -0.2) is 0 Å². The van der Waals surface area contributed by atoms with Gasteiger partial charge in [0.2, 0.25) is 5.91 Å². The Morgan fingerprint density at radius 2 is 1.87 bits per heavy atom. The average Bonchev–Trinajstić information content (AvgIpc) is 3.30. The van der Waals surface area contributed by atoms with Crippen molar-refractivity contribution in [3.8, 4) is 5.75 Å². The molecule has 0 spiro atoms. The van der Waals surface area contributed by atoms with Gasteiger partial charge >= 0.3 is 6.18 Å². The van der Waals surface area contributed by atoms with Crippen molar-refractivity contribution in [1.29, 1.82) is 0 Å². The Hall–Kier alpha value is -1.76. The first kappa shape index (κ1) is 17.6. The molecule has 0 saturated heterocycles. The van der Waals surface area contributed by atoms with Gasteiger partial charge in [-0.05, 0) is 30.5 Å². The van der Waals surface area contributed by atoms with E-state index in [1.54, 1.807) is 7.11 Å². The van der Waals surface area contributed by atoms with Crippen molar-refractivity contribution in [2.24, 2.45) is 0 Å². The molecule has 128 valence electrons. The van der Waals surface area contributed by atoms with Crippen molar-refractivity contribution in [2.75, 3.05) is 27.2 Å². The van der Waals surface area contributed by atoms with Crippen molar-refractivity contribution in [1.82, 2.24) is 9.80 Å². The normalized spacial score (nSPS) is 14.9. The lowest BCUT2D eigenvalue weighted by molar-refractivity contribution is -0.159. The van der Waals surface area contributed by atoms with Crippen LogP contribution in [-0.2, 0) is 11.3 Å². The Morgan fingerprint density at radius 1 is 1.26 bits per heavy atom. The number of benzene rings is 1. The maximum absolute atomic E-state index is 12.4. The summed E-state index contributed by atoms with van der Waals surface area (Å²) in [5.41, 5.74) is 1.00. The van der Waals surface area contributed by atoms with Crippen LogP contribution in [0.15, 0.2) is 24.3 Å². The van der Waals surface area contributed by atoms with Gasteiger partial charge in [0.15, 0.2) is 0 Å². The van der Waals surface area contributed by atoms with Crippen LogP contribution in [-0.4, -0.2) is 55.2 Å². The molecule has 0 aliphatic heterocycles. The molecule has 1 aromatic rings. The minimum Gasteiger partial charge on any atom is -0.497 e. The van der Waals surface area contributed by atoms with Crippen LogP contribution in [0, 0.1) is 0 Å². The molecule has 1 saturated carbocycles. The highest BCUT2D eigenvalue weighted by Gasteiger charge is 2.34. The molecule has 2 rings (SSSR count). The summed E-state index contributed by atoms with van der Waals surface area (Å²) in [5, 5.41) is 0. The monoisotopic (exact) mass is 330 g/mol. The highest BCUT2D eigenvalue weighted by Crippen LogP contribution is 2.28. The van der Waals surface area contributed by atoms with E-state index in [1.807, 2.05) is 29.2 Å². The Morgan fingerprint density at radius 3 is 2.35 bits per heavy atom. The van der Waals surface area contributed by atoms with Crippen LogP contribution in [0.3, 0.4) is 0 Å². The van der Waals surface area contributed by atoms with Gasteiger partial charge < -0.3 is 9.64 Å². The fraction of sp³-hybridized carbons (Fsp3) is 0.562. The van der Waals surface area contributed by atoms with Crippen LogP contribution in [0.5, 0.6) is 5.75 Å². The van der Waals surface area contributed by atoms with E-state index in [0.717, 1.165) is 29.1 Å². The number of nitrogens with zero attached hydrogens (tertiary/aromatic N) is 2. The SMILES string of the molecule is COc1ccc(CN(CC(=O)N(C)CC(F)(F)F)C2CC2)cc1. The summed E-state index contributed by atoms with van der Waals surface area (Å²) in [5.74, 6) is 0.232. The first-order chi connectivity index (χ1) is 10.8. The standard InChI is InChI=1S/C16H21F3N2O2/c1-20(11-16(17,18)19)15(22)10-21(13-5-6-13)9-12-3-7-14(23-2)8-4-12/h3-4,7-8,13H,5-6,9-11H2,1-2H3. The lowest BCUT2D eigenvalue weighted by Crippen LogP contribution is -2.42. The van der Waals surface area contributed by atoms with E-state index in [9.17, 15) is 18.0 Å². The molecule has 1 aliphatic carbocycles. The molecule has 23 heavy (non-hydrogen) atoms. The minimum absolute atomic E-state index is 0.00325. The van der Waals surface area contributed by atoms with Crippen LogP contribution in [0.4, 0.5) is 13.2 Å². The highest BCUT2D eigenvalue weighted by molar-refractivity contribution is 5.78. The molecule has 0 heterocycles. The number of hydrogen-bond acceptors (Lipinski definition) is 3. The number of hydrogen-bond donors (Lipinski definition) is 0. The van der Waals surface area contributed by atoms with E-state index in [0.29, 0.717) is 6.54 Å². The number of carbonyl (C=O) groups is 1. The van der Waals surface area contributed by atoms with Crippen LogP contribution in [0.1, 0.15) is 18.4 Å². The molecule has 0 aromatic heterocycles. The van der Waals surface area contributed by atoms with Crippen LogP contribution in [0.2, 0.25) is 0 Å². The Labute approximate surface area is 133 Å². The summed E-state index contributed by atoms with van der Waals surface area (Å²) in [6.07, 6.45) is -2.41. The van der Waals surface area contributed by atoms with Crippen LogP contribution >= 0.6 is 0 Å². The fourth-order valence-corrected chi connectivity index (χ4v) is 2.37. The van der Waals surface area contributed by atoms with Gasteiger partial charge in [-0.1, -0.05) is 12.1 Å². The van der Waals surface area contributed by atoms with E-state index >= 15 is 0 Å². The predicted molar refractivity (Wildman–Crippen MR) is 80.1 cm³/mol. The molecule has 1 aliphatic rings. The number of methoxy groups -OCH3 is 1. The second-order valence-corrected chi connectivity index (χ2v) is 5.85. The summed E-state index contributed by atoms with van der Waals surface area (Å²) in [4.78, 5) is 14.7. The van der Waals surface area contributed by atoms with Crippen molar-refractivity contribution < 1.29 is 22.7 Å². The lowest BCUT2D eigenvalue weighted by atomic mass is 10.2. The summed E-state index contributed by atoms with van der Waals surface area (Å²) in [7, 11) is 2.77.